The van der Waals surface area contributed by atoms with Gasteiger partial charge in [0.1, 0.15) is 0 Å². The molecule has 2 nitrogen and oxygen atoms in total. The number of hydrogen-bond acceptors (Lipinski definition) is 2. The summed E-state index contributed by atoms with van der Waals surface area (Å²) >= 11 is 1.76. The van der Waals surface area contributed by atoms with E-state index in [0.29, 0.717) is 0 Å². The van der Waals surface area contributed by atoms with Gasteiger partial charge >= 0.3 is 0 Å². The van der Waals surface area contributed by atoms with Gasteiger partial charge in [-0.15, -0.1) is 0 Å². The zero-order chi connectivity index (χ0) is 13.1. The summed E-state index contributed by atoms with van der Waals surface area (Å²) in [6.07, 6.45) is 0.995. The highest BCUT2D eigenvalue weighted by molar-refractivity contribution is 7.16. The van der Waals surface area contributed by atoms with Crippen LogP contribution in [-0.4, -0.2) is 11.1 Å². The number of rotatable bonds is 3. The third-order valence-electron chi connectivity index (χ3n) is 3.21. The highest BCUT2D eigenvalue weighted by atomic mass is 32.1. The largest absolute Gasteiger partial charge is 0.320 e. The number of benzene rings is 2. The molecule has 2 aromatic carbocycles. The van der Waals surface area contributed by atoms with Gasteiger partial charge in [0, 0.05) is 13.6 Å². The van der Waals surface area contributed by atoms with Crippen LogP contribution in [0.3, 0.4) is 0 Å². The lowest BCUT2D eigenvalue weighted by molar-refractivity contribution is 0.852. The van der Waals surface area contributed by atoms with Gasteiger partial charge in [-0.2, -0.15) is 0 Å². The number of thiazole rings is 1. The molecule has 0 saturated heterocycles. The Hall–Kier alpha value is -1.87. The van der Waals surface area contributed by atoms with Crippen molar-refractivity contribution in [2.24, 2.45) is 12.0 Å². The quantitative estimate of drug-likeness (QED) is 0.693. The number of nitrogens with zero attached hydrogens (tertiary/aromatic N) is 2. The first kappa shape index (κ1) is 12.2. The van der Waals surface area contributed by atoms with Gasteiger partial charge in [-0.1, -0.05) is 53.8 Å². The third kappa shape index (κ3) is 2.61. The Kier molecular flexibility index (Phi) is 3.47. The van der Waals surface area contributed by atoms with E-state index in [0.717, 1.165) is 17.8 Å². The minimum Gasteiger partial charge on any atom is -0.320 e. The van der Waals surface area contributed by atoms with Crippen molar-refractivity contribution in [1.29, 1.82) is 0 Å². The van der Waals surface area contributed by atoms with Gasteiger partial charge in [0.2, 0.25) is 0 Å². The summed E-state index contributed by atoms with van der Waals surface area (Å²) in [7, 11) is 2.08. The Morgan fingerprint density at radius 3 is 2.53 bits per heavy atom. The summed E-state index contributed by atoms with van der Waals surface area (Å²) in [6.45, 7) is 0.838. The summed E-state index contributed by atoms with van der Waals surface area (Å²) in [5.41, 5.74) is 2.60. The SMILES string of the molecule is Cn1c(=NCCc2ccccc2)sc2ccccc21. The number of aromatic nitrogens is 1. The van der Waals surface area contributed by atoms with Crippen LogP contribution in [0.15, 0.2) is 59.6 Å². The van der Waals surface area contributed by atoms with Gasteiger partial charge < -0.3 is 4.57 Å². The van der Waals surface area contributed by atoms with Gasteiger partial charge in [-0.25, -0.2) is 0 Å². The summed E-state index contributed by atoms with van der Waals surface area (Å²) in [4.78, 5) is 5.81. The van der Waals surface area contributed by atoms with E-state index in [-0.39, 0.29) is 0 Å². The van der Waals surface area contributed by atoms with E-state index in [1.54, 1.807) is 11.3 Å². The lowest BCUT2D eigenvalue weighted by Crippen LogP contribution is -2.11. The van der Waals surface area contributed by atoms with E-state index < -0.39 is 0 Å². The normalized spacial score (nSPS) is 12.2. The lowest BCUT2D eigenvalue weighted by atomic mass is 10.2. The first-order valence-electron chi connectivity index (χ1n) is 6.43. The molecule has 0 aliphatic rings. The average molecular weight is 268 g/mol. The zero-order valence-electron chi connectivity index (χ0n) is 10.9. The number of aryl methyl sites for hydroxylation is 1. The monoisotopic (exact) mass is 268 g/mol. The van der Waals surface area contributed by atoms with Crippen molar-refractivity contribution in [2.45, 2.75) is 6.42 Å². The second-order valence-electron chi connectivity index (χ2n) is 4.53. The summed E-state index contributed by atoms with van der Waals surface area (Å²) in [6, 6.07) is 18.9. The molecule has 0 radical (unpaired) electrons. The first-order valence-corrected chi connectivity index (χ1v) is 7.25. The molecule has 0 amide bonds. The third-order valence-corrected chi connectivity index (χ3v) is 4.36. The van der Waals surface area contributed by atoms with E-state index in [9.17, 15) is 0 Å². The zero-order valence-corrected chi connectivity index (χ0v) is 11.7. The van der Waals surface area contributed by atoms with Gasteiger partial charge in [0.05, 0.1) is 10.2 Å². The molecule has 0 aliphatic heterocycles. The molecule has 0 unspecified atom stereocenters. The molecular formula is C16H16N2S. The van der Waals surface area contributed by atoms with Crippen molar-refractivity contribution >= 4 is 21.6 Å². The van der Waals surface area contributed by atoms with Crippen molar-refractivity contribution < 1.29 is 0 Å². The Morgan fingerprint density at radius 2 is 1.74 bits per heavy atom. The van der Waals surface area contributed by atoms with E-state index in [1.807, 2.05) is 6.07 Å². The van der Waals surface area contributed by atoms with Gasteiger partial charge in [0.25, 0.3) is 0 Å². The van der Waals surface area contributed by atoms with Gasteiger partial charge in [-0.05, 0) is 24.1 Å². The second kappa shape index (κ2) is 5.41. The smallest absolute Gasteiger partial charge is 0.185 e. The molecular weight excluding hydrogens is 252 g/mol. The van der Waals surface area contributed by atoms with Crippen LogP contribution in [0.4, 0.5) is 0 Å². The van der Waals surface area contributed by atoms with Crippen molar-refractivity contribution in [1.82, 2.24) is 4.57 Å². The predicted octanol–water partition coefficient (Wildman–Crippen LogP) is 3.38. The summed E-state index contributed by atoms with van der Waals surface area (Å²) in [5.74, 6) is 0. The van der Waals surface area contributed by atoms with Gasteiger partial charge in [-0.3, -0.25) is 4.99 Å². The maximum Gasteiger partial charge on any atom is 0.185 e. The van der Waals surface area contributed by atoms with Crippen molar-refractivity contribution in [3.63, 3.8) is 0 Å². The minimum atomic E-state index is 0.838. The molecule has 3 aromatic rings. The van der Waals surface area contributed by atoms with Gasteiger partial charge in [0.15, 0.2) is 4.80 Å². The molecule has 0 spiro atoms. The number of para-hydroxylation sites is 1. The Morgan fingerprint density at radius 1 is 1.00 bits per heavy atom. The molecule has 1 aromatic heterocycles. The summed E-state index contributed by atoms with van der Waals surface area (Å²) < 4.78 is 3.47. The van der Waals surface area contributed by atoms with Crippen LogP contribution in [0.5, 0.6) is 0 Å². The minimum absolute atomic E-state index is 0.838. The van der Waals surface area contributed by atoms with Crippen LogP contribution in [-0.2, 0) is 13.5 Å². The molecule has 1 heterocycles. The molecule has 96 valence electrons. The van der Waals surface area contributed by atoms with Crippen LogP contribution < -0.4 is 4.80 Å². The molecule has 3 heteroatoms. The van der Waals surface area contributed by atoms with Crippen LogP contribution >= 0.6 is 11.3 Å². The fraction of sp³-hybridized carbons (Fsp3) is 0.188. The van der Waals surface area contributed by atoms with Crippen molar-refractivity contribution in [3.8, 4) is 0 Å². The Bertz CT molecular complexity index is 738. The van der Waals surface area contributed by atoms with Crippen molar-refractivity contribution in [3.05, 3.63) is 65.0 Å². The molecule has 19 heavy (non-hydrogen) atoms. The molecule has 0 atom stereocenters. The fourth-order valence-corrected chi connectivity index (χ4v) is 3.20. The van der Waals surface area contributed by atoms with Crippen LogP contribution in [0.25, 0.3) is 10.2 Å². The molecule has 0 aliphatic carbocycles. The van der Waals surface area contributed by atoms with E-state index in [4.69, 9.17) is 4.99 Å². The molecule has 0 N–H and O–H groups in total. The Labute approximate surface area is 116 Å². The highest BCUT2D eigenvalue weighted by Crippen LogP contribution is 2.15. The molecule has 3 rings (SSSR count). The Balaban J connectivity index is 1.84. The topological polar surface area (TPSA) is 17.3 Å². The fourth-order valence-electron chi connectivity index (χ4n) is 2.15. The molecule has 0 bridgehead atoms. The maximum absolute atomic E-state index is 4.72. The lowest BCUT2D eigenvalue weighted by Gasteiger charge is -1.97. The average Bonchev–Trinajstić information content (AvgIpc) is 2.78. The number of fused-ring (bicyclic) bond motifs is 1. The highest BCUT2D eigenvalue weighted by Gasteiger charge is 2.00. The van der Waals surface area contributed by atoms with E-state index in [1.165, 1.54) is 15.8 Å². The van der Waals surface area contributed by atoms with E-state index in [2.05, 4.69) is 60.1 Å². The maximum atomic E-state index is 4.72. The van der Waals surface area contributed by atoms with E-state index >= 15 is 0 Å². The summed E-state index contributed by atoms with van der Waals surface area (Å²) in [5, 5.41) is 0. The second-order valence-corrected chi connectivity index (χ2v) is 5.54. The number of hydrogen-bond donors (Lipinski definition) is 0. The van der Waals surface area contributed by atoms with Crippen LogP contribution in [0, 0.1) is 0 Å². The standard InChI is InChI=1S/C16H16N2S/c1-18-14-9-5-6-10-15(14)19-16(18)17-12-11-13-7-3-2-4-8-13/h2-10H,11-12H2,1H3. The van der Waals surface area contributed by atoms with Crippen LogP contribution in [0.2, 0.25) is 0 Å². The molecule has 0 saturated carbocycles. The van der Waals surface area contributed by atoms with Crippen LogP contribution in [0.1, 0.15) is 5.56 Å². The van der Waals surface area contributed by atoms with Crippen molar-refractivity contribution in [2.75, 3.05) is 6.54 Å². The molecule has 0 fully saturated rings. The first-order chi connectivity index (χ1) is 9.34. The predicted molar refractivity (Wildman–Crippen MR) is 81.4 cm³/mol.